The van der Waals surface area contributed by atoms with Crippen molar-refractivity contribution in [1.82, 2.24) is 0 Å². The fourth-order valence-corrected chi connectivity index (χ4v) is 1.43. The van der Waals surface area contributed by atoms with E-state index in [0.717, 1.165) is 6.07 Å². The van der Waals surface area contributed by atoms with Crippen LogP contribution in [-0.4, -0.2) is 23.4 Å². The Morgan fingerprint density at radius 1 is 1.39 bits per heavy atom. The van der Waals surface area contributed by atoms with Crippen LogP contribution in [0.5, 0.6) is 5.75 Å². The van der Waals surface area contributed by atoms with Crippen molar-refractivity contribution in [3.05, 3.63) is 28.2 Å². The van der Waals surface area contributed by atoms with E-state index in [0.29, 0.717) is 0 Å². The molecule has 1 unspecified atom stereocenters. The molecule has 0 amide bonds. The van der Waals surface area contributed by atoms with E-state index in [-0.39, 0.29) is 15.8 Å². The predicted octanol–water partition coefficient (Wildman–Crippen LogP) is 3.78. The number of ether oxygens (including phenoxy) is 1. The number of alkyl halides is 3. The maximum Gasteiger partial charge on any atom is 0.426 e. The zero-order valence-corrected chi connectivity index (χ0v) is 10.2. The first kappa shape index (κ1) is 14.9. The summed E-state index contributed by atoms with van der Waals surface area (Å²) in [5.41, 5.74) is 0. The van der Waals surface area contributed by atoms with E-state index < -0.39 is 24.7 Å². The summed E-state index contributed by atoms with van der Waals surface area (Å²) < 4.78 is 42.2. The molecule has 0 aromatic heterocycles. The van der Waals surface area contributed by atoms with Gasteiger partial charge in [-0.3, -0.25) is 4.79 Å². The molecule has 0 saturated carbocycles. The van der Waals surface area contributed by atoms with Gasteiger partial charge in [-0.2, -0.15) is 13.2 Å². The lowest BCUT2D eigenvalue weighted by Crippen LogP contribution is -2.36. The first-order valence-corrected chi connectivity index (χ1v) is 5.36. The third-order valence-corrected chi connectivity index (χ3v) is 2.43. The minimum atomic E-state index is -4.82. The molecule has 1 aromatic carbocycles. The average Bonchev–Trinajstić information content (AvgIpc) is 2.20. The van der Waals surface area contributed by atoms with Crippen molar-refractivity contribution in [3.8, 4) is 5.75 Å². The second kappa shape index (κ2) is 5.67. The third-order valence-electron chi connectivity index (χ3n) is 1.89. The summed E-state index contributed by atoms with van der Waals surface area (Å²) in [6.07, 6.45) is -8.51. The van der Waals surface area contributed by atoms with Crippen LogP contribution in [0.15, 0.2) is 18.2 Å². The SMILES string of the molecule is O=C(O)CC(Oc1cc(Cl)ccc1Cl)C(F)(F)F. The molecule has 3 nitrogen and oxygen atoms in total. The fraction of sp³-hybridized carbons (Fsp3) is 0.300. The summed E-state index contributed by atoms with van der Waals surface area (Å²) >= 11 is 11.2. The Bertz CT molecular complexity index is 448. The molecule has 100 valence electrons. The number of carboxylic acid groups (broad SMARTS) is 1. The minimum absolute atomic E-state index is 0.0842. The summed E-state index contributed by atoms with van der Waals surface area (Å²) in [6.45, 7) is 0. The zero-order chi connectivity index (χ0) is 13.9. The molecule has 0 saturated heterocycles. The van der Waals surface area contributed by atoms with Crippen LogP contribution in [0, 0.1) is 0 Å². The molecule has 1 N–H and O–H groups in total. The van der Waals surface area contributed by atoms with Gasteiger partial charge >= 0.3 is 12.1 Å². The summed E-state index contributed by atoms with van der Waals surface area (Å²) in [5, 5.41) is 8.46. The second-order valence-electron chi connectivity index (χ2n) is 3.32. The first-order chi connectivity index (χ1) is 8.20. The average molecular weight is 303 g/mol. The molecule has 8 heteroatoms. The Labute approximate surface area is 110 Å². The lowest BCUT2D eigenvalue weighted by atomic mass is 10.2. The van der Waals surface area contributed by atoms with E-state index in [1.165, 1.54) is 12.1 Å². The molecular weight excluding hydrogens is 296 g/mol. The number of carbonyl (C=O) groups is 1. The lowest BCUT2D eigenvalue weighted by molar-refractivity contribution is -0.200. The van der Waals surface area contributed by atoms with Crippen molar-refractivity contribution >= 4 is 29.2 Å². The fourth-order valence-electron chi connectivity index (χ4n) is 1.10. The van der Waals surface area contributed by atoms with Crippen LogP contribution in [0.4, 0.5) is 13.2 Å². The van der Waals surface area contributed by atoms with E-state index in [9.17, 15) is 18.0 Å². The largest absolute Gasteiger partial charge is 0.481 e. The summed E-state index contributed by atoms with van der Waals surface area (Å²) in [6, 6.07) is 3.72. The van der Waals surface area contributed by atoms with E-state index in [1.807, 2.05) is 0 Å². The molecule has 0 bridgehead atoms. The minimum Gasteiger partial charge on any atom is -0.481 e. The first-order valence-electron chi connectivity index (χ1n) is 4.60. The van der Waals surface area contributed by atoms with Gasteiger partial charge in [0.2, 0.25) is 6.10 Å². The molecule has 1 aromatic rings. The van der Waals surface area contributed by atoms with Crippen molar-refractivity contribution < 1.29 is 27.8 Å². The number of halogens is 5. The molecule has 0 spiro atoms. The second-order valence-corrected chi connectivity index (χ2v) is 4.16. The molecule has 0 aliphatic carbocycles. The highest BCUT2D eigenvalue weighted by Gasteiger charge is 2.43. The Morgan fingerprint density at radius 2 is 2.00 bits per heavy atom. The predicted molar refractivity (Wildman–Crippen MR) is 59.2 cm³/mol. The third kappa shape index (κ3) is 4.27. The Morgan fingerprint density at radius 3 is 2.50 bits per heavy atom. The summed E-state index contributed by atoms with van der Waals surface area (Å²) in [7, 11) is 0. The molecule has 18 heavy (non-hydrogen) atoms. The molecular formula is C10H7Cl2F3O3. The van der Waals surface area contributed by atoms with Crippen LogP contribution >= 0.6 is 23.2 Å². The van der Waals surface area contributed by atoms with Crippen LogP contribution in [0.1, 0.15) is 6.42 Å². The zero-order valence-electron chi connectivity index (χ0n) is 8.67. The number of rotatable bonds is 4. The standard InChI is InChI=1S/C10H7Cl2F3O3/c11-5-1-2-6(12)7(3-5)18-8(4-9(16)17)10(13,14)15/h1-3,8H,4H2,(H,16,17). The Kier molecular flexibility index (Phi) is 4.70. The maximum absolute atomic E-state index is 12.5. The van der Waals surface area contributed by atoms with Gasteiger partial charge in [-0.05, 0) is 12.1 Å². The molecule has 0 heterocycles. The van der Waals surface area contributed by atoms with Crippen molar-refractivity contribution in [1.29, 1.82) is 0 Å². The van der Waals surface area contributed by atoms with E-state index in [2.05, 4.69) is 4.74 Å². The van der Waals surface area contributed by atoms with Crippen LogP contribution in [0.25, 0.3) is 0 Å². The van der Waals surface area contributed by atoms with Crippen LogP contribution in [0.2, 0.25) is 10.0 Å². The van der Waals surface area contributed by atoms with Gasteiger partial charge in [-0.1, -0.05) is 23.2 Å². The van der Waals surface area contributed by atoms with Gasteiger partial charge in [0.1, 0.15) is 5.75 Å². The van der Waals surface area contributed by atoms with Crippen LogP contribution in [0.3, 0.4) is 0 Å². The summed E-state index contributed by atoms with van der Waals surface area (Å²) in [5.74, 6) is -1.94. The molecule has 0 aliphatic heterocycles. The van der Waals surface area contributed by atoms with Crippen LogP contribution in [-0.2, 0) is 4.79 Å². The summed E-state index contributed by atoms with van der Waals surface area (Å²) in [4.78, 5) is 10.4. The highest BCUT2D eigenvalue weighted by atomic mass is 35.5. The number of hydrogen-bond donors (Lipinski definition) is 1. The monoisotopic (exact) mass is 302 g/mol. The van der Waals surface area contributed by atoms with E-state index >= 15 is 0 Å². The number of hydrogen-bond acceptors (Lipinski definition) is 2. The number of benzene rings is 1. The normalized spacial score (nSPS) is 13.2. The Hall–Kier alpha value is -1.14. The molecule has 0 radical (unpaired) electrons. The lowest BCUT2D eigenvalue weighted by Gasteiger charge is -2.20. The highest BCUT2D eigenvalue weighted by molar-refractivity contribution is 6.34. The van der Waals surface area contributed by atoms with E-state index in [1.54, 1.807) is 0 Å². The van der Waals surface area contributed by atoms with Gasteiger partial charge < -0.3 is 9.84 Å². The van der Waals surface area contributed by atoms with E-state index in [4.69, 9.17) is 28.3 Å². The molecule has 1 atom stereocenters. The maximum atomic E-state index is 12.5. The number of aliphatic carboxylic acids is 1. The van der Waals surface area contributed by atoms with Gasteiger partial charge in [-0.25, -0.2) is 0 Å². The molecule has 0 fully saturated rings. The van der Waals surface area contributed by atoms with Crippen molar-refractivity contribution in [2.75, 3.05) is 0 Å². The quantitative estimate of drug-likeness (QED) is 0.921. The molecule has 0 aliphatic rings. The van der Waals surface area contributed by atoms with Gasteiger partial charge in [-0.15, -0.1) is 0 Å². The van der Waals surface area contributed by atoms with Gasteiger partial charge in [0.15, 0.2) is 0 Å². The van der Waals surface area contributed by atoms with Crippen molar-refractivity contribution in [2.45, 2.75) is 18.7 Å². The Balaban J connectivity index is 2.96. The van der Waals surface area contributed by atoms with Gasteiger partial charge in [0.25, 0.3) is 0 Å². The van der Waals surface area contributed by atoms with Crippen molar-refractivity contribution in [2.24, 2.45) is 0 Å². The highest BCUT2D eigenvalue weighted by Crippen LogP contribution is 2.33. The smallest absolute Gasteiger partial charge is 0.426 e. The van der Waals surface area contributed by atoms with Crippen molar-refractivity contribution in [3.63, 3.8) is 0 Å². The van der Waals surface area contributed by atoms with Crippen LogP contribution < -0.4 is 4.74 Å². The number of carboxylic acids is 1. The molecule has 1 rings (SSSR count). The topological polar surface area (TPSA) is 46.5 Å². The van der Waals surface area contributed by atoms with Gasteiger partial charge in [0, 0.05) is 11.1 Å². The van der Waals surface area contributed by atoms with Gasteiger partial charge in [0.05, 0.1) is 11.4 Å².